The molecule has 0 aliphatic rings. The van der Waals surface area contributed by atoms with Crippen LogP contribution in [-0.4, -0.2) is 25.3 Å². The highest BCUT2D eigenvalue weighted by molar-refractivity contribution is 9.10. The van der Waals surface area contributed by atoms with Crippen LogP contribution in [0.1, 0.15) is 18.1 Å². The Morgan fingerprint density at radius 2 is 1.83 bits per heavy atom. The Morgan fingerprint density at radius 1 is 1.17 bits per heavy atom. The molecule has 5 nitrogen and oxygen atoms in total. The molecule has 0 fully saturated rings. The largest absolute Gasteiger partial charge is 0.497 e. The van der Waals surface area contributed by atoms with Gasteiger partial charge in [-0.3, -0.25) is 4.79 Å². The van der Waals surface area contributed by atoms with E-state index >= 15 is 0 Å². The summed E-state index contributed by atoms with van der Waals surface area (Å²) in [5, 5.41) is 4.08. The van der Waals surface area contributed by atoms with E-state index in [0.717, 1.165) is 21.3 Å². The van der Waals surface area contributed by atoms with Crippen molar-refractivity contribution in [2.24, 2.45) is 5.10 Å². The van der Waals surface area contributed by atoms with Gasteiger partial charge in [-0.2, -0.15) is 5.10 Å². The summed E-state index contributed by atoms with van der Waals surface area (Å²) in [6, 6.07) is 13.0. The SMILES string of the molecule is COc1ccc(C(C)=NNC(=O)COc2ccc(Br)c(C)c2)cc1. The highest BCUT2D eigenvalue weighted by atomic mass is 79.9. The van der Waals surface area contributed by atoms with Crippen molar-refractivity contribution in [3.63, 3.8) is 0 Å². The minimum absolute atomic E-state index is 0.0968. The number of carbonyl (C=O) groups is 1. The number of nitrogens with zero attached hydrogens (tertiary/aromatic N) is 1. The molecule has 1 amide bonds. The highest BCUT2D eigenvalue weighted by Gasteiger charge is 2.04. The zero-order chi connectivity index (χ0) is 17.5. The summed E-state index contributed by atoms with van der Waals surface area (Å²) in [4.78, 5) is 11.8. The summed E-state index contributed by atoms with van der Waals surface area (Å²) in [5.41, 5.74) is 5.13. The van der Waals surface area contributed by atoms with Gasteiger partial charge < -0.3 is 9.47 Å². The normalized spacial score (nSPS) is 11.1. The molecule has 0 aliphatic heterocycles. The fourth-order valence-corrected chi connectivity index (χ4v) is 2.18. The van der Waals surface area contributed by atoms with E-state index in [-0.39, 0.29) is 12.5 Å². The molecule has 6 heteroatoms. The average Bonchev–Trinajstić information content (AvgIpc) is 2.60. The zero-order valence-corrected chi connectivity index (χ0v) is 15.4. The standard InChI is InChI=1S/C18H19BrN2O3/c1-12-10-16(8-9-17(12)19)24-11-18(22)21-20-13(2)14-4-6-15(23-3)7-5-14/h4-10H,11H2,1-3H3,(H,21,22). The second kappa shape index (κ2) is 8.49. The number of ether oxygens (including phenoxy) is 2. The molecule has 0 unspecified atom stereocenters. The van der Waals surface area contributed by atoms with Crippen LogP contribution < -0.4 is 14.9 Å². The van der Waals surface area contributed by atoms with E-state index in [1.807, 2.05) is 50.2 Å². The maximum Gasteiger partial charge on any atom is 0.277 e. The monoisotopic (exact) mass is 390 g/mol. The third-order valence-electron chi connectivity index (χ3n) is 3.36. The van der Waals surface area contributed by atoms with Crippen molar-refractivity contribution in [1.82, 2.24) is 5.43 Å². The Labute approximate surface area is 149 Å². The molecule has 1 N–H and O–H groups in total. The van der Waals surface area contributed by atoms with E-state index < -0.39 is 0 Å². The number of amides is 1. The molecule has 2 rings (SSSR count). The second-order valence-electron chi connectivity index (χ2n) is 5.16. The van der Waals surface area contributed by atoms with Crippen LogP contribution in [0.15, 0.2) is 52.0 Å². The van der Waals surface area contributed by atoms with E-state index in [1.165, 1.54) is 0 Å². The van der Waals surface area contributed by atoms with Crippen molar-refractivity contribution in [1.29, 1.82) is 0 Å². The summed E-state index contributed by atoms with van der Waals surface area (Å²) in [5.74, 6) is 1.10. The van der Waals surface area contributed by atoms with Crippen LogP contribution in [0.5, 0.6) is 11.5 Å². The van der Waals surface area contributed by atoms with E-state index in [1.54, 1.807) is 13.2 Å². The van der Waals surface area contributed by atoms with Crippen LogP contribution in [0.25, 0.3) is 0 Å². The molecule has 0 radical (unpaired) electrons. The van der Waals surface area contributed by atoms with Gasteiger partial charge in [-0.25, -0.2) is 5.43 Å². The van der Waals surface area contributed by atoms with Gasteiger partial charge in [-0.15, -0.1) is 0 Å². The van der Waals surface area contributed by atoms with Crippen molar-refractivity contribution < 1.29 is 14.3 Å². The number of hydrazone groups is 1. The van der Waals surface area contributed by atoms with Crippen molar-refractivity contribution in [2.75, 3.05) is 13.7 Å². The number of hydrogen-bond acceptors (Lipinski definition) is 4. The van der Waals surface area contributed by atoms with Gasteiger partial charge in [-0.05, 0) is 67.4 Å². The minimum atomic E-state index is -0.316. The van der Waals surface area contributed by atoms with Crippen LogP contribution in [0.3, 0.4) is 0 Å². The van der Waals surface area contributed by atoms with Gasteiger partial charge >= 0.3 is 0 Å². The van der Waals surface area contributed by atoms with Crippen LogP contribution in [0, 0.1) is 6.92 Å². The zero-order valence-electron chi connectivity index (χ0n) is 13.8. The number of carbonyl (C=O) groups excluding carboxylic acids is 1. The molecule has 0 bridgehead atoms. The number of methoxy groups -OCH3 is 1. The lowest BCUT2D eigenvalue weighted by Crippen LogP contribution is -2.25. The lowest BCUT2D eigenvalue weighted by Gasteiger charge is -2.07. The number of nitrogens with one attached hydrogen (secondary N) is 1. The predicted octanol–water partition coefficient (Wildman–Crippen LogP) is 3.69. The van der Waals surface area contributed by atoms with E-state index in [2.05, 4.69) is 26.5 Å². The van der Waals surface area contributed by atoms with Crippen LogP contribution >= 0.6 is 15.9 Å². The summed E-state index contributed by atoms with van der Waals surface area (Å²) in [7, 11) is 1.61. The van der Waals surface area contributed by atoms with Crippen molar-refractivity contribution in [3.05, 3.63) is 58.1 Å². The van der Waals surface area contributed by atoms with Crippen LogP contribution in [-0.2, 0) is 4.79 Å². The number of rotatable bonds is 6. The van der Waals surface area contributed by atoms with Gasteiger partial charge in [0, 0.05) is 4.47 Å². The molecular weight excluding hydrogens is 372 g/mol. The lowest BCUT2D eigenvalue weighted by molar-refractivity contribution is -0.123. The first-order valence-electron chi connectivity index (χ1n) is 7.36. The topological polar surface area (TPSA) is 59.9 Å². The smallest absolute Gasteiger partial charge is 0.277 e. The molecule has 0 saturated heterocycles. The summed E-state index contributed by atoms with van der Waals surface area (Å²) >= 11 is 3.42. The maximum absolute atomic E-state index is 11.8. The molecule has 0 aliphatic carbocycles. The number of benzene rings is 2. The Balaban J connectivity index is 1.87. The van der Waals surface area contributed by atoms with Crippen molar-refractivity contribution in [2.45, 2.75) is 13.8 Å². The number of hydrogen-bond donors (Lipinski definition) is 1. The van der Waals surface area contributed by atoms with Gasteiger partial charge in [0.15, 0.2) is 6.61 Å². The molecule has 0 aromatic heterocycles. The Morgan fingerprint density at radius 3 is 2.46 bits per heavy atom. The lowest BCUT2D eigenvalue weighted by atomic mass is 10.1. The predicted molar refractivity (Wildman–Crippen MR) is 97.7 cm³/mol. The quantitative estimate of drug-likeness (QED) is 0.604. The molecule has 2 aromatic carbocycles. The fourth-order valence-electron chi connectivity index (χ4n) is 1.93. The van der Waals surface area contributed by atoms with E-state index in [4.69, 9.17) is 9.47 Å². The van der Waals surface area contributed by atoms with Gasteiger partial charge in [0.25, 0.3) is 5.91 Å². The van der Waals surface area contributed by atoms with Gasteiger partial charge in [-0.1, -0.05) is 15.9 Å². The molecule has 2 aromatic rings. The average molecular weight is 391 g/mol. The summed E-state index contributed by atoms with van der Waals surface area (Å²) in [6.45, 7) is 3.68. The van der Waals surface area contributed by atoms with Crippen molar-refractivity contribution >= 4 is 27.5 Å². The van der Waals surface area contributed by atoms with E-state index in [0.29, 0.717) is 11.5 Å². The molecule has 0 saturated carbocycles. The van der Waals surface area contributed by atoms with Gasteiger partial charge in [0.1, 0.15) is 11.5 Å². The van der Waals surface area contributed by atoms with Crippen LogP contribution in [0.4, 0.5) is 0 Å². The molecule has 0 heterocycles. The second-order valence-corrected chi connectivity index (χ2v) is 6.01. The minimum Gasteiger partial charge on any atom is -0.497 e. The third-order valence-corrected chi connectivity index (χ3v) is 4.25. The first-order valence-corrected chi connectivity index (χ1v) is 8.15. The number of halogens is 1. The highest BCUT2D eigenvalue weighted by Crippen LogP contribution is 2.21. The molecule has 0 spiro atoms. The maximum atomic E-state index is 11.8. The third kappa shape index (κ3) is 5.09. The summed E-state index contributed by atoms with van der Waals surface area (Å²) < 4.78 is 11.6. The number of aryl methyl sites for hydroxylation is 1. The van der Waals surface area contributed by atoms with Gasteiger partial charge in [0.05, 0.1) is 12.8 Å². The molecule has 0 atom stereocenters. The Bertz CT molecular complexity index is 742. The first-order chi connectivity index (χ1) is 11.5. The molecule has 24 heavy (non-hydrogen) atoms. The van der Waals surface area contributed by atoms with Crippen molar-refractivity contribution in [3.8, 4) is 11.5 Å². The molecule has 126 valence electrons. The molecular formula is C18H19BrN2O3. The fraction of sp³-hybridized carbons (Fsp3) is 0.222. The van der Waals surface area contributed by atoms with Gasteiger partial charge in [0.2, 0.25) is 0 Å². The Kier molecular flexibility index (Phi) is 6.37. The Hall–Kier alpha value is -2.34. The summed E-state index contributed by atoms with van der Waals surface area (Å²) in [6.07, 6.45) is 0. The van der Waals surface area contributed by atoms with Crippen LogP contribution in [0.2, 0.25) is 0 Å². The first kappa shape index (κ1) is 18.0. The van der Waals surface area contributed by atoms with E-state index in [9.17, 15) is 4.79 Å².